The van der Waals surface area contributed by atoms with Crippen molar-refractivity contribution in [2.24, 2.45) is 5.73 Å². The van der Waals surface area contributed by atoms with Crippen LogP contribution in [0.2, 0.25) is 0 Å². The van der Waals surface area contributed by atoms with E-state index >= 15 is 0 Å². The van der Waals surface area contributed by atoms with Crippen molar-refractivity contribution in [3.8, 4) is 0 Å². The number of aliphatic hydroxyl groups is 1. The number of carbonyl (C=O) groups excluding carboxylic acids is 1. The number of amides is 1. The summed E-state index contributed by atoms with van der Waals surface area (Å²) >= 11 is 0. The molecule has 0 spiro atoms. The third-order valence-corrected chi connectivity index (χ3v) is 3.32. The summed E-state index contributed by atoms with van der Waals surface area (Å²) in [5.74, 6) is -0.0808. The Morgan fingerprint density at radius 1 is 1.26 bits per heavy atom. The predicted molar refractivity (Wildman–Crippen MR) is 76.6 cm³/mol. The van der Waals surface area contributed by atoms with E-state index in [0.717, 1.165) is 24.8 Å². The maximum atomic E-state index is 12.4. The highest BCUT2D eigenvalue weighted by molar-refractivity contribution is 5.86. The van der Waals surface area contributed by atoms with Crippen LogP contribution in [-0.4, -0.2) is 36.1 Å². The van der Waals surface area contributed by atoms with E-state index in [9.17, 15) is 4.79 Å². The molecule has 0 radical (unpaired) electrons. The van der Waals surface area contributed by atoms with Gasteiger partial charge in [-0.15, -0.1) is 0 Å². The molecule has 0 heterocycles. The molecular weight excluding hydrogens is 240 g/mol. The second kappa shape index (κ2) is 7.26. The SMILES string of the molecule is CN(CCCCCO)C(=O)C(C)(N)c1ccccc1. The lowest BCUT2D eigenvalue weighted by atomic mass is 9.91. The molecule has 0 bridgehead atoms. The molecule has 0 fully saturated rings. The number of carbonyl (C=O) groups is 1. The Morgan fingerprint density at radius 2 is 1.89 bits per heavy atom. The minimum Gasteiger partial charge on any atom is -0.396 e. The van der Waals surface area contributed by atoms with E-state index in [1.54, 1.807) is 18.9 Å². The fraction of sp³-hybridized carbons (Fsp3) is 0.533. The van der Waals surface area contributed by atoms with E-state index in [1.165, 1.54) is 0 Å². The molecule has 0 saturated carbocycles. The minimum atomic E-state index is -0.993. The maximum absolute atomic E-state index is 12.4. The van der Waals surface area contributed by atoms with Gasteiger partial charge in [-0.2, -0.15) is 0 Å². The van der Waals surface area contributed by atoms with Gasteiger partial charge in [0.1, 0.15) is 5.54 Å². The van der Waals surface area contributed by atoms with Crippen LogP contribution < -0.4 is 5.73 Å². The minimum absolute atomic E-state index is 0.0808. The maximum Gasteiger partial charge on any atom is 0.246 e. The van der Waals surface area contributed by atoms with Crippen LogP contribution in [0.3, 0.4) is 0 Å². The van der Waals surface area contributed by atoms with Crippen LogP contribution in [0, 0.1) is 0 Å². The van der Waals surface area contributed by atoms with Gasteiger partial charge in [0.2, 0.25) is 5.91 Å². The lowest BCUT2D eigenvalue weighted by Gasteiger charge is -2.29. The van der Waals surface area contributed by atoms with Crippen molar-refractivity contribution in [3.05, 3.63) is 35.9 Å². The van der Waals surface area contributed by atoms with Crippen LogP contribution in [0.25, 0.3) is 0 Å². The molecule has 0 saturated heterocycles. The molecule has 1 amide bonds. The molecule has 1 aromatic rings. The molecule has 0 aliphatic rings. The third-order valence-electron chi connectivity index (χ3n) is 3.32. The van der Waals surface area contributed by atoms with Crippen molar-refractivity contribution < 1.29 is 9.90 Å². The Bertz CT molecular complexity index is 390. The molecule has 1 unspecified atom stereocenters. The van der Waals surface area contributed by atoms with Gasteiger partial charge in [0.05, 0.1) is 0 Å². The monoisotopic (exact) mass is 264 g/mol. The summed E-state index contributed by atoms with van der Waals surface area (Å²) < 4.78 is 0. The number of nitrogens with zero attached hydrogens (tertiary/aromatic N) is 1. The summed E-state index contributed by atoms with van der Waals surface area (Å²) in [6, 6.07) is 9.42. The van der Waals surface area contributed by atoms with Crippen molar-refractivity contribution >= 4 is 5.91 Å². The van der Waals surface area contributed by atoms with Crippen LogP contribution in [-0.2, 0) is 10.3 Å². The van der Waals surface area contributed by atoms with E-state index < -0.39 is 5.54 Å². The fourth-order valence-electron chi connectivity index (χ4n) is 2.04. The summed E-state index contributed by atoms with van der Waals surface area (Å²) in [4.78, 5) is 14.1. The highest BCUT2D eigenvalue weighted by atomic mass is 16.2. The highest BCUT2D eigenvalue weighted by Crippen LogP contribution is 2.19. The molecule has 1 atom stereocenters. The fourth-order valence-corrected chi connectivity index (χ4v) is 2.04. The molecule has 4 heteroatoms. The average Bonchev–Trinajstić information content (AvgIpc) is 2.43. The van der Waals surface area contributed by atoms with Gasteiger partial charge in [-0.05, 0) is 31.7 Å². The van der Waals surface area contributed by atoms with Crippen LogP contribution in [0.5, 0.6) is 0 Å². The molecule has 3 N–H and O–H groups in total. The van der Waals surface area contributed by atoms with E-state index in [4.69, 9.17) is 10.8 Å². The van der Waals surface area contributed by atoms with Gasteiger partial charge in [0.15, 0.2) is 0 Å². The summed E-state index contributed by atoms with van der Waals surface area (Å²) in [5, 5.41) is 8.72. The molecule has 19 heavy (non-hydrogen) atoms. The Kier molecular flexibility index (Phi) is 5.99. The van der Waals surface area contributed by atoms with Gasteiger partial charge in [-0.25, -0.2) is 0 Å². The van der Waals surface area contributed by atoms with Gasteiger partial charge >= 0.3 is 0 Å². The van der Waals surface area contributed by atoms with E-state index in [0.29, 0.717) is 6.54 Å². The number of hydrogen-bond donors (Lipinski definition) is 2. The van der Waals surface area contributed by atoms with Crippen molar-refractivity contribution in [2.45, 2.75) is 31.7 Å². The van der Waals surface area contributed by atoms with Crippen LogP contribution >= 0.6 is 0 Å². The summed E-state index contributed by atoms with van der Waals surface area (Å²) in [6.45, 7) is 2.61. The molecule has 1 aromatic carbocycles. The predicted octanol–water partition coefficient (Wildman–Crippen LogP) is 1.48. The quantitative estimate of drug-likeness (QED) is 0.733. The zero-order valence-electron chi connectivity index (χ0n) is 11.8. The third kappa shape index (κ3) is 4.33. The number of aliphatic hydroxyl groups excluding tert-OH is 1. The highest BCUT2D eigenvalue weighted by Gasteiger charge is 2.32. The molecular formula is C15H24N2O2. The zero-order chi connectivity index (χ0) is 14.3. The molecule has 0 aliphatic heterocycles. The number of unbranched alkanes of at least 4 members (excludes halogenated alkanes) is 2. The van der Waals surface area contributed by atoms with Crippen molar-refractivity contribution in [1.82, 2.24) is 4.90 Å². The summed E-state index contributed by atoms with van der Waals surface area (Å²) in [7, 11) is 1.77. The molecule has 106 valence electrons. The number of benzene rings is 1. The largest absolute Gasteiger partial charge is 0.396 e. The first-order chi connectivity index (χ1) is 9.00. The van der Waals surface area contributed by atoms with Crippen LogP contribution in [0.1, 0.15) is 31.7 Å². The van der Waals surface area contributed by atoms with Crippen molar-refractivity contribution in [2.75, 3.05) is 20.2 Å². The first-order valence-corrected chi connectivity index (χ1v) is 6.71. The normalized spacial score (nSPS) is 13.9. The average molecular weight is 264 g/mol. The van der Waals surface area contributed by atoms with Gasteiger partial charge in [0.25, 0.3) is 0 Å². The van der Waals surface area contributed by atoms with Gasteiger partial charge in [0, 0.05) is 20.2 Å². The summed E-state index contributed by atoms with van der Waals surface area (Å²) in [6.07, 6.45) is 2.58. The lowest BCUT2D eigenvalue weighted by molar-refractivity contribution is -0.135. The first kappa shape index (κ1) is 15.7. The first-order valence-electron chi connectivity index (χ1n) is 6.71. The van der Waals surface area contributed by atoms with Gasteiger partial charge in [-0.1, -0.05) is 30.3 Å². The summed E-state index contributed by atoms with van der Waals surface area (Å²) in [5.41, 5.74) is 6.01. The second-order valence-electron chi connectivity index (χ2n) is 5.08. The van der Waals surface area contributed by atoms with E-state index in [2.05, 4.69) is 0 Å². The number of hydrogen-bond acceptors (Lipinski definition) is 3. The lowest BCUT2D eigenvalue weighted by Crippen LogP contribution is -2.49. The van der Waals surface area contributed by atoms with E-state index in [-0.39, 0.29) is 12.5 Å². The van der Waals surface area contributed by atoms with Crippen molar-refractivity contribution in [1.29, 1.82) is 0 Å². The smallest absolute Gasteiger partial charge is 0.246 e. The van der Waals surface area contributed by atoms with E-state index in [1.807, 2.05) is 30.3 Å². The molecule has 0 aliphatic carbocycles. The van der Waals surface area contributed by atoms with Crippen LogP contribution in [0.4, 0.5) is 0 Å². The second-order valence-corrected chi connectivity index (χ2v) is 5.08. The zero-order valence-corrected chi connectivity index (χ0v) is 11.8. The standard InChI is InChI=1S/C15H24N2O2/c1-15(16,13-9-5-3-6-10-13)14(19)17(2)11-7-4-8-12-18/h3,5-6,9-10,18H,4,7-8,11-12,16H2,1-2H3. The molecule has 0 aromatic heterocycles. The Labute approximate surface area is 115 Å². The van der Waals surface area contributed by atoms with Crippen LogP contribution in [0.15, 0.2) is 30.3 Å². The van der Waals surface area contributed by atoms with Gasteiger partial charge in [-0.3, -0.25) is 4.79 Å². The van der Waals surface area contributed by atoms with Gasteiger partial charge < -0.3 is 15.7 Å². The molecule has 1 rings (SSSR count). The number of nitrogens with two attached hydrogens (primary N) is 1. The Balaban J connectivity index is 2.60. The number of rotatable bonds is 7. The topological polar surface area (TPSA) is 66.6 Å². The Hall–Kier alpha value is -1.39. The number of likely N-dealkylation sites (N-methyl/N-ethyl adjacent to an activating group) is 1. The Morgan fingerprint density at radius 3 is 2.47 bits per heavy atom. The van der Waals surface area contributed by atoms with Crippen molar-refractivity contribution in [3.63, 3.8) is 0 Å². The molecule has 4 nitrogen and oxygen atoms in total.